The molecule has 18 heavy (non-hydrogen) atoms. The number of halogens is 2. The zero-order valence-corrected chi connectivity index (χ0v) is 9.22. The van der Waals surface area contributed by atoms with Crippen molar-refractivity contribution in [1.29, 1.82) is 0 Å². The minimum Gasteiger partial charge on any atom is -0.461 e. The lowest BCUT2D eigenvalue weighted by atomic mass is 10.2. The van der Waals surface area contributed by atoms with Crippen molar-refractivity contribution in [2.75, 3.05) is 12.3 Å². The van der Waals surface area contributed by atoms with Gasteiger partial charge in [0.1, 0.15) is 11.4 Å². The molecular weight excluding hydrogens is 252 g/mol. The molecule has 0 spiro atoms. The van der Waals surface area contributed by atoms with Crippen molar-refractivity contribution in [3.63, 3.8) is 0 Å². The number of hydrogen-bond acceptors (Lipinski definition) is 6. The van der Waals surface area contributed by atoms with Crippen LogP contribution in [0.15, 0.2) is 6.07 Å². The molecule has 2 N–H and O–H groups in total. The van der Waals surface area contributed by atoms with Gasteiger partial charge in [-0.25, -0.2) is 18.6 Å². The van der Waals surface area contributed by atoms with E-state index in [-0.39, 0.29) is 6.61 Å². The predicted molar refractivity (Wildman–Crippen MR) is 56.2 cm³/mol. The van der Waals surface area contributed by atoms with Crippen LogP contribution in [0, 0.1) is 10.1 Å². The van der Waals surface area contributed by atoms with Gasteiger partial charge in [0.2, 0.25) is 0 Å². The second-order valence-electron chi connectivity index (χ2n) is 3.11. The SMILES string of the molecule is CCOC(=O)c1nc(C(F)F)cc([N+](=O)[O-])c1N. The van der Waals surface area contributed by atoms with Crippen LogP contribution in [-0.4, -0.2) is 22.5 Å². The number of anilines is 1. The number of nitrogens with zero attached hydrogens (tertiary/aromatic N) is 2. The number of nitrogen functional groups attached to an aromatic ring is 1. The topological polar surface area (TPSA) is 108 Å². The number of nitrogens with two attached hydrogens (primary N) is 1. The first kappa shape index (κ1) is 13.7. The van der Waals surface area contributed by atoms with E-state index in [9.17, 15) is 23.7 Å². The smallest absolute Gasteiger partial charge is 0.359 e. The van der Waals surface area contributed by atoms with Crippen LogP contribution < -0.4 is 5.73 Å². The van der Waals surface area contributed by atoms with Crippen molar-refractivity contribution < 1.29 is 23.2 Å². The molecule has 0 aromatic carbocycles. The van der Waals surface area contributed by atoms with Gasteiger partial charge in [0.05, 0.1) is 11.5 Å². The first-order valence-corrected chi connectivity index (χ1v) is 4.78. The maximum Gasteiger partial charge on any atom is 0.359 e. The first-order valence-electron chi connectivity index (χ1n) is 4.78. The number of rotatable bonds is 4. The first-order chi connectivity index (χ1) is 8.38. The second kappa shape index (κ2) is 5.34. The Morgan fingerprint density at radius 3 is 2.72 bits per heavy atom. The molecule has 1 rings (SSSR count). The monoisotopic (exact) mass is 261 g/mol. The Bertz CT molecular complexity index is 493. The molecule has 0 aliphatic carbocycles. The summed E-state index contributed by atoms with van der Waals surface area (Å²) >= 11 is 0. The van der Waals surface area contributed by atoms with E-state index in [2.05, 4.69) is 9.72 Å². The molecule has 0 saturated carbocycles. The highest BCUT2D eigenvalue weighted by atomic mass is 19.3. The quantitative estimate of drug-likeness (QED) is 0.501. The minimum absolute atomic E-state index is 0.0351. The van der Waals surface area contributed by atoms with Gasteiger partial charge < -0.3 is 10.5 Å². The van der Waals surface area contributed by atoms with E-state index in [1.807, 2.05) is 0 Å². The van der Waals surface area contributed by atoms with Crippen molar-refractivity contribution in [3.8, 4) is 0 Å². The third kappa shape index (κ3) is 2.67. The summed E-state index contributed by atoms with van der Waals surface area (Å²) < 4.78 is 29.5. The summed E-state index contributed by atoms with van der Waals surface area (Å²) in [5, 5.41) is 10.6. The molecule has 0 amide bonds. The third-order valence-corrected chi connectivity index (χ3v) is 1.95. The maximum absolute atomic E-state index is 12.5. The lowest BCUT2D eigenvalue weighted by Crippen LogP contribution is -2.13. The van der Waals surface area contributed by atoms with Crippen LogP contribution in [0.4, 0.5) is 20.2 Å². The van der Waals surface area contributed by atoms with E-state index in [1.54, 1.807) is 0 Å². The van der Waals surface area contributed by atoms with E-state index in [0.717, 1.165) is 0 Å². The molecule has 9 heteroatoms. The predicted octanol–water partition coefficient (Wildman–Crippen LogP) is 1.69. The van der Waals surface area contributed by atoms with Crippen LogP contribution in [0.5, 0.6) is 0 Å². The molecule has 0 aliphatic heterocycles. The van der Waals surface area contributed by atoms with Crippen LogP contribution in [0.2, 0.25) is 0 Å². The van der Waals surface area contributed by atoms with Gasteiger partial charge in [0, 0.05) is 6.07 Å². The summed E-state index contributed by atoms with van der Waals surface area (Å²) in [6.45, 7) is 1.45. The van der Waals surface area contributed by atoms with E-state index in [1.165, 1.54) is 6.92 Å². The van der Waals surface area contributed by atoms with E-state index < -0.39 is 40.1 Å². The molecular formula is C9H9F2N3O4. The number of ether oxygens (including phenoxy) is 1. The number of carbonyl (C=O) groups is 1. The average Bonchev–Trinajstić information content (AvgIpc) is 2.28. The molecule has 0 fully saturated rings. The number of hydrogen-bond donors (Lipinski definition) is 1. The highest BCUT2D eigenvalue weighted by Crippen LogP contribution is 2.29. The summed E-state index contributed by atoms with van der Waals surface area (Å²) in [5.41, 5.74) is 2.35. The Morgan fingerprint density at radius 1 is 1.67 bits per heavy atom. The molecule has 0 radical (unpaired) electrons. The van der Waals surface area contributed by atoms with Gasteiger partial charge in [-0.1, -0.05) is 0 Å². The highest BCUT2D eigenvalue weighted by molar-refractivity contribution is 5.95. The number of esters is 1. The van der Waals surface area contributed by atoms with Gasteiger partial charge in [-0.05, 0) is 6.92 Å². The average molecular weight is 261 g/mol. The fraction of sp³-hybridized carbons (Fsp3) is 0.333. The standard InChI is InChI=1S/C9H9F2N3O4/c1-2-18-9(15)7-6(12)5(14(16)17)3-4(13-7)8(10)11/h3,8H,2,12H2,1H3. The van der Waals surface area contributed by atoms with E-state index in [4.69, 9.17) is 5.73 Å². The zero-order chi connectivity index (χ0) is 13.9. The number of carbonyl (C=O) groups excluding carboxylic acids is 1. The number of pyridine rings is 1. The van der Waals surface area contributed by atoms with E-state index >= 15 is 0 Å². The number of alkyl halides is 2. The molecule has 1 aromatic rings. The van der Waals surface area contributed by atoms with E-state index in [0.29, 0.717) is 6.07 Å². The summed E-state index contributed by atoms with van der Waals surface area (Å²) in [6, 6.07) is 0.530. The summed E-state index contributed by atoms with van der Waals surface area (Å²) in [7, 11) is 0. The number of aromatic nitrogens is 1. The van der Waals surface area contributed by atoms with Gasteiger partial charge in [0.15, 0.2) is 5.69 Å². The molecule has 0 saturated heterocycles. The fourth-order valence-electron chi connectivity index (χ4n) is 1.18. The third-order valence-electron chi connectivity index (χ3n) is 1.95. The summed E-state index contributed by atoms with van der Waals surface area (Å²) in [5.74, 6) is -1.08. The number of nitro groups is 1. The van der Waals surface area contributed by atoms with Crippen molar-refractivity contribution >= 4 is 17.3 Å². The minimum atomic E-state index is -3.06. The van der Waals surface area contributed by atoms with Gasteiger partial charge in [-0.15, -0.1) is 0 Å². The van der Waals surface area contributed by atoms with Gasteiger partial charge >= 0.3 is 5.97 Å². The zero-order valence-electron chi connectivity index (χ0n) is 9.22. The summed E-state index contributed by atoms with van der Waals surface area (Å²) in [6.07, 6.45) is -3.06. The molecule has 1 aromatic heterocycles. The van der Waals surface area contributed by atoms with Crippen LogP contribution >= 0.6 is 0 Å². The van der Waals surface area contributed by atoms with Crippen molar-refractivity contribution in [2.45, 2.75) is 13.3 Å². The molecule has 0 atom stereocenters. The second-order valence-corrected chi connectivity index (χ2v) is 3.11. The lowest BCUT2D eigenvalue weighted by molar-refractivity contribution is -0.384. The molecule has 98 valence electrons. The van der Waals surface area contributed by atoms with Crippen LogP contribution in [0.25, 0.3) is 0 Å². The Morgan fingerprint density at radius 2 is 2.28 bits per heavy atom. The van der Waals surface area contributed by atoms with Crippen molar-refractivity contribution in [3.05, 3.63) is 27.6 Å². The highest BCUT2D eigenvalue weighted by Gasteiger charge is 2.26. The Hall–Kier alpha value is -2.32. The Balaban J connectivity index is 3.40. The lowest BCUT2D eigenvalue weighted by Gasteiger charge is -2.07. The van der Waals surface area contributed by atoms with Crippen molar-refractivity contribution in [1.82, 2.24) is 4.98 Å². The van der Waals surface area contributed by atoms with Crippen LogP contribution in [0.1, 0.15) is 29.5 Å². The van der Waals surface area contributed by atoms with Crippen LogP contribution in [-0.2, 0) is 4.74 Å². The molecule has 7 nitrogen and oxygen atoms in total. The normalized spacial score (nSPS) is 10.4. The van der Waals surface area contributed by atoms with Crippen LogP contribution in [0.3, 0.4) is 0 Å². The molecule has 0 bridgehead atoms. The Labute approximate surface area is 99.7 Å². The summed E-state index contributed by atoms with van der Waals surface area (Å²) in [4.78, 5) is 24.3. The Kier molecular flexibility index (Phi) is 4.08. The molecule has 0 unspecified atom stereocenters. The fourth-order valence-corrected chi connectivity index (χ4v) is 1.18. The van der Waals surface area contributed by atoms with Crippen molar-refractivity contribution in [2.24, 2.45) is 0 Å². The molecule has 1 heterocycles. The largest absolute Gasteiger partial charge is 0.461 e. The molecule has 0 aliphatic rings. The van der Waals surface area contributed by atoms with Gasteiger partial charge in [-0.3, -0.25) is 10.1 Å². The van der Waals surface area contributed by atoms with Gasteiger partial charge in [0.25, 0.3) is 12.1 Å². The maximum atomic E-state index is 12.5. The van der Waals surface area contributed by atoms with Gasteiger partial charge in [-0.2, -0.15) is 0 Å².